The predicted molar refractivity (Wildman–Crippen MR) is 115 cm³/mol. The Balaban J connectivity index is 1.76. The number of benzene rings is 3. The molecule has 0 radical (unpaired) electrons. The smallest absolute Gasteiger partial charge is 0.264 e. The summed E-state index contributed by atoms with van der Waals surface area (Å²) in [5, 5.41) is 2.68. The van der Waals surface area contributed by atoms with E-state index in [-0.39, 0.29) is 22.9 Å². The van der Waals surface area contributed by atoms with Gasteiger partial charge in [-0.15, -0.1) is 0 Å². The van der Waals surface area contributed by atoms with Crippen molar-refractivity contribution in [1.82, 2.24) is 5.32 Å². The fraction of sp³-hybridized carbons (Fsp3) is 0.174. The summed E-state index contributed by atoms with van der Waals surface area (Å²) in [6, 6.07) is 17.1. The summed E-state index contributed by atoms with van der Waals surface area (Å²) in [7, 11) is -4.05. The fourth-order valence-electron chi connectivity index (χ4n) is 2.94. The number of anilines is 1. The second-order valence-electron chi connectivity index (χ2n) is 7.03. The Kier molecular flexibility index (Phi) is 7.02. The topological polar surface area (TPSA) is 66.5 Å². The monoisotopic (exact) mass is 444 g/mol. The largest absolute Gasteiger partial charge is 0.354 e. The van der Waals surface area contributed by atoms with Gasteiger partial charge >= 0.3 is 0 Å². The third-order valence-corrected chi connectivity index (χ3v) is 6.45. The van der Waals surface area contributed by atoms with Crippen molar-refractivity contribution in [3.8, 4) is 0 Å². The van der Waals surface area contributed by atoms with Crippen LogP contribution >= 0.6 is 0 Å². The van der Waals surface area contributed by atoms with Crippen molar-refractivity contribution in [2.45, 2.75) is 18.2 Å². The van der Waals surface area contributed by atoms with Crippen LogP contribution in [0.3, 0.4) is 0 Å². The molecule has 0 spiro atoms. The summed E-state index contributed by atoms with van der Waals surface area (Å²) in [4.78, 5) is 12.5. The minimum absolute atomic E-state index is 0.0292. The number of rotatable bonds is 8. The van der Waals surface area contributed by atoms with Gasteiger partial charge in [-0.3, -0.25) is 9.10 Å². The molecule has 1 N–H and O–H groups in total. The Morgan fingerprint density at radius 3 is 2.00 bits per heavy atom. The van der Waals surface area contributed by atoms with E-state index in [9.17, 15) is 22.0 Å². The zero-order chi connectivity index (χ0) is 22.4. The number of hydrogen-bond acceptors (Lipinski definition) is 3. The summed E-state index contributed by atoms with van der Waals surface area (Å²) in [5.41, 5.74) is 1.91. The third kappa shape index (κ3) is 5.88. The van der Waals surface area contributed by atoms with Crippen LogP contribution in [0.15, 0.2) is 77.7 Å². The standard InChI is InChI=1S/C23H22F2N2O3S/c1-17-2-12-22(13-3-17)31(29,30)27(21-10-8-20(25)9-11-21)16-23(28)26-15-14-18-4-6-19(24)7-5-18/h2-13H,14-16H2,1H3,(H,26,28). The molecule has 162 valence electrons. The van der Waals surface area contributed by atoms with E-state index in [1.807, 2.05) is 6.92 Å². The highest BCUT2D eigenvalue weighted by Crippen LogP contribution is 2.24. The van der Waals surface area contributed by atoms with Gasteiger partial charge in [0.25, 0.3) is 10.0 Å². The molecular weight excluding hydrogens is 422 g/mol. The van der Waals surface area contributed by atoms with Crippen molar-refractivity contribution in [3.63, 3.8) is 0 Å². The number of amides is 1. The van der Waals surface area contributed by atoms with Gasteiger partial charge in [-0.1, -0.05) is 29.8 Å². The maximum atomic E-state index is 13.4. The normalized spacial score (nSPS) is 11.2. The van der Waals surface area contributed by atoms with E-state index in [0.717, 1.165) is 27.6 Å². The summed E-state index contributed by atoms with van der Waals surface area (Å²) in [6.45, 7) is 1.63. The van der Waals surface area contributed by atoms with E-state index in [1.54, 1.807) is 24.3 Å². The number of carbonyl (C=O) groups excluding carboxylic acids is 1. The van der Waals surface area contributed by atoms with E-state index < -0.39 is 28.3 Å². The predicted octanol–water partition coefficient (Wildman–Crippen LogP) is 3.83. The Morgan fingerprint density at radius 1 is 0.871 bits per heavy atom. The quantitative estimate of drug-likeness (QED) is 0.574. The highest BCUT2D eigenvalue weighted by Gasteiger charge is 2.27. The zero-order valence-electron chi connectivity index (χ0n) is 16.9. The lowest BCUT2D eigenvalue weighted by Gasteiger charge is -2.24. The fourth-order valence-corrected chi connectivity index (χ4v) is 4.36. The van der Waals surface area contributed by atoms with Crippen LogP contribution < -0.4 is 9.62 Å². The Hall–Kier alpha value is -3.26. The molecule has 5 nitrogen and oxygen atoms in total. The molecule has 3 rings (SSSR count). The molecule has 0 aliphatic rings. The Labute approximate surface area is 180 Å². The second kappa shape index (κ2) is 9.70. The molecule has 1 amide bonds. The van der Waals surface area contributed by atoms with E-state index in [2.05, 4.69) is 5.32 Å². The number of halogens is 2. The minimum Gasteiger partial charge on any atom is -0.354 e. The number of carbonyl (C=O) groups is 1. The molecule has 0 heterocycles. The van der Waals surface area contributed by atoms with E-state index >= 15 is 0 Å². The Bertz CT molecular complexity index is 1130. The van der Waals surface area contributed by atoms with Crippen molar-refractivity contribution >= 4 is 21.6 Å². The summed E-state index contributed by atoms with van der Waals surface area (Å²) < 4.78 is 53.7. The van der Waals surface area contributed by atoms with Crippen LogP contribution in [0, 0.1) is 18.6 Å². The number of nitrogens with zero attached hydrogens (tertiary/aromatic N) is 1. The number of sulfonamides is 1. The first-order valence-electron chi connectivity index (χ1n) is 9.62. The van der Waals surface area contributed by atoms with Gasteiger partial charge in [-0.05, 0) is 67.4 Å². The van der Waals surface area contributed by atoms with Gasteiger partial charge < -0.3 is 5.32 Å². The van der Waals surface area contributed by atoms with E-state index in [4.69, 9.17) is 0 Å². The molecule has 0 bridgehead atoms. The molecule has 0 saturated heterocycles. The first kappa shape index (κ1) is 22.4. The van der Waals surface area contributed by atoms with Crippen LogP contribution in [-0.2, 0) is 21.2 Å². The van der Waals surface area contributed by atoms with Gasteiger partial charge in [0.2, 0.25) is 5.91 Å². The minimum atomic E-state index is -4.05. The van der Waals surface area contributed by atoms with E-state index in [0.29, 0.717) is 6.42 Å². The van der Waals surface area contributed by atoms with Gasteiger partial charge in [-0.2, -0.15) is 0 Å². The van der Waals surface area contributed by atoms with Crippen molar-refractivity contribution in [1.29, 1.82) is 0 Å². The molecule has 0 aromatic heterocycles. The average molecular weight is 445 g/mol. The van der Waals surface area contributed by atoms with Crippen LogP contribution in [0.4, 0.5) is 14.5 Å². The molecule has 3 aromatic rings. The number of hydrogen-bond donors (Lipinski definition) is 1. The second-order valence-corrected chi connectivity index (χ2v) is 8.89. The van der Waals surface area contributed by atoms with Gasteiger partial charge in [0.05, 0.1) is 10.6 Å². The van der Waals surface area contributed by atoms with Crippen LogP contribution in [0.25, 0.3) is 0 Å². The molecule has 0 aliphatic carbocycles. The molecule has 8 heteroatoms. The lowest BCUT2D eigenvalue weighted by Crippen LogP contribution is -2.41. The van der Waals surface area contributed by atoms with Gasteiger partial charge in [-0.25, -0.2) is 17.2 Å². The van der Waals surface area contributed by atoms with Crippen LogP contribution in [0.5, 0.6) is 0 Å². The molecule has 0 fully saturated rings. The molecule has 0 atom stereocenters. The van der Waals surface area contributed by atoms with Crippen molar-refractivity contribution in [2.75, 3.05) is 17.4 Å². The SMILES string of the molecule is Cc1ccc(S(=O)(=O)N(CC(=O)NCCc2ccc(F)cc2)c2ccc(F)cc2)cc1. The van der Waals surface area contributed by atoms with Crippen molar-refractivity contribution in [2.24, 2.45) is 0 Å². The lowest BCUT2D eigenvalue weighted by atomic mass is 10.1. The molecule has 3 aromatic carbocycles. The number of nitrogens with one attached hydrogen (secondary N) is 1. The average Bonchev–Trinajstić information content (AvgIpc) is 2.74. The van der Waals surface area contributed by atoms with Crippen LogP contribution in [0.2, 0.25) is 0 Å². The van der Waals surface area contributed by atoms with Gasteiger partial charge in [0.15, 0.2) is 0 Å². The molecule has 0 saturated carbocycles. The maximum absolute atomic E-state index is 13.4. The molecule has 0 unspecified atom stereocenters. The first-order chi connectivity index (χ1) is 14.8. The highest BCUT2D eigenvalue weighted by atomic mass is 32.2. The third-order valence-electron chi connectivity index (χ3n) is 4.66. The van der Waals surface area contributed by atoms with Crippen molar-refractivity contribution in [3.05, 3.63) is 95.6 Å². The highest BCUT2D eigenvalue weighted by molar-refractivity contribution is 7.92. The summed E-state index contributed by atoms with van der Waals surface area (Å²) >= 11 is 0. The summed E-state index contributed by atoms with van der Waals surface area (Å²) in [5.74, 6) is -1.37. The lowest BCUT2D eigenvalue weighted by molar-refractivity contribution is -0.119. The summed E-state index contributed by atoms with van der Waals surface area (Å²) in [6.07, 6.45) is 0.466. The van der Waals surface area contributed by atoms with E-state index in [1.165, 1.54) is 36.4 Å². The zero-order valence-corrected chi connectivity index (χ0v) is 17.7. The maximum Gasteiger partial charge on any atom is 0.264 e. The number of aryl methyl sites for hydroxylation is 1. The first-order valence-corrected chi connectivity index (χ1v) is 11.1. The van der Waals surface area contributed by atoms with Gasteiger partial charge in [0, 0.05) is 6.54 Å². The van der Waals surface area contributed by atoms with Crippen LogP contribution in [0.1, 0.15) is 11.1 Å². The Morgan fingerprint density at radius 2 is 1.42 bits per heavy atom. The molecular formula is C23H22F2N2O3S. The van der Waals surface area contributed by atoms with Crippen molar-refractivity contribution < 1.29 is 22.0 Å². The van der Waals surface area contributed by atoms with Crippen LogP contribution in [-0.4, -0.2) is 27.4 Å². The molecule has 0 aliphatic heterocycles. The van der Waals surface area contributed by atoms with Gasteiger partial charge in [0.1, 0.15) is 18.2 Å². The molecule has 31 heavy (non-hydrogen) atoms.